The van der Waals surface area contributed by atoms with Crippen molar-refractivity contribution in [1.82, 2.24) is 14.9 Å². The monoisotopic (exact) mass is 497 g/mol. The molecule has 3 aliphatic heterocycles. The molecular formula is C26H33N4O4S+. The van der Waals surface area contributed by atoms with Gasteiger partial charge in [0.15, 0.2) is 11.7 Å². The topological polar surface area (TPSA) is 78.8 Å². The summed E-state index contributed by atoms with van der Waals surface area (Å²) in [4.78, 5) is 32.0. The Kier molecular flexibility index (Phi) is 6.56. The van der Waals surface area contributed by atoms with E-state index in [1.165, 1.54) is 10.5 Å². The molecule has 186 valence electrons. The van der Waals surface area contributed by atoms with Crippen LogP contribution >= 0.6 is 11.8 Å². The summed E-state index contributed by atoms with van der Waals surface area (Å²) < 4.78 is 13.2. The van der Waals surface area contributed by atoms with Crippen LogP contribution < -0.4 is 4.68 Å². The molecule has 4 aliphatic rings. The minimum absolute atomic E-state index is 0.0184. The van der Waals surface area contributed by atoms with Crippen molar-refractivity contribution in [2.24, 2.45) is 5.92 Å². The van der Waals surface area contributed by atoms with Crippen molar-refractivity contribution in [1.29, 1.82) is 0 Å². The molecule has 6 rings (SSSR count). The number of carbonyl (C=O) groups excluding carboxylic acids is 2. The molecule has 2 atom stereocenters. The third kappa shape index (κ3) is 4.38. The first kappa shape index (κ1) is 23.1. The Morgan fingerprint density at radius 2 is 1.69 bits per heavy atom. The number of carbonyl (C=O) groups is 2. The number of ether oxygens (including phenoxy) is 2. The van der Waals surface area contributed by atoms with Crippen molar-refractivity contribution >= 4 is 23.6 Å². The maximum absolute atomic E-state index is 13.6. The molecule has 9 heteroatoms. The maximum atomic E-state index is 13.6. The van der Waals surface area contributed by atoms with Crippen molar-refractivity contribution in [2.75, 3.05) is 52.6 Å². The Hall–Kier alpha value is -2.36. The van der Waals surface area contributed by atoms with Gasteiger partial charge in [-0.05, 0) is 25.0 Å². The van der Waals surface area contributed by atoms with E-state index in [4.69, 9.17) is 9.47 Å². The first-order chi connectivity index (χ1) is 17.2. The number of morpholine rings is 2. The fourth-order valence-electron chi connectivity index (χ4n) is 5.92. The van der Waals surface area contributed by atoms with Gasteiger partial charge in [0.2, 0.25) is 11.6 Å². The van der Waals surface area contributed by atoms with Gasteiger partial charge in [0.05, 0.1) is 37.6 Å². The number of hydrogen-bond acceptors (Lipinski definition) is 5. The number of amides is 2. The number of hydrogen-bond donors (Lipinski definition) is 1. The normalized spacial score (nSPS) is 24.6. The van der Waals surface area contributed by atoms with Crippen LogP contribution in [0.1, 0.15) is 47.8 Å². The third-order valence-corrected chi connectivity index (χ3v) is 8.87. The van der Waals surface area contributed by atoms with Crippen LogP contribution in [0.2, 0.25) is 0 Å². The number of thioether (sulfide) groups is 1. The van der Waals surface area contributed by atoms with Gasteiger partial charge in [-0.1, -0.05) is 12.1 Å². The third-order valence-electron chi connectivity index (χ3n) is 7.77. The molecule has 1 aromatic carbocycles. The number of benzene rings is 1. The fourth-order valence-corrected chi connectivity index (χ4v) is 6.99. The number of nitrogens with zero attached hydrogens (tertiary/aromatic N) is 3. The van der Waals surface area contributed by atoms with Gasteiger partial charge in [0.25, 0.3) is 5.91 Å². The number of aromatic amines is 1. The summed E-state index contributed by atoms with van der Waals surface area (Å²) in [6.45, 7) is 5.04. The zero-order valence-electron chi connectivity index (χ0n) is 20.0. The number of H-pyrrole nitrogens is 1. The van der Waals surface area contributed by atoms with Gasteiger partial charge in [-0.2, -0.15) is 5.10 Å². The van der Waals surface area contributed by atoms with Gasteiger partial charge < -0.3 is 19.3 Å². The van der Waals surface area contributed by atoms with Crippen LogP contribution in [0.3, 0.4) is 0 Å². The lowest BCUT2D eigenvalue weighted by atomic mass is 9.84. The molecule has 2 unspecified atom stereocenters. The van der Waals surface area contributed by atoms with Gasteiger partial charge in [-0.25, -0.2) is 0 Å². The van der Waals surface area contributed by atoms with Crippen LogP contribution in [0.4, 0.5) is 0 Å². The van der Waals surface area contributed by atoms with Gasteiger partial charge in [-0.15, -0.1) is 16.4 Å². The highest BCUT2D eigenvalue weighted by Crippen LogP contribution is 2.42. The zero-order valence-corrected chi connectivity index (χ0v) is 20.9. The lowest BCUT2D eigenvalue weighted by Gasteiger charge is -2.32. The van der Waals surface area contributed by atoms with Crippen LogP contribution in [-0.4, -0.2) is 79.3 Å². The highest BCUT2D eigenvalue weighted by atomic mass is 32.2. The van der Waals surface area contributed by atoms with E-state index in [0.717, 1.165) is 42.7 Å². The summed E-state index contributed by atoms with van der Waals surface area (Å²) in [6, 6.07) is 8.63. The molecule has 8 nitrogen and oxygen atoms in total. The second kappa shape index (κ2) is 9.95. The quantitative estimate of drug-likeness (QED) is 0.660. The molecule has 1 N–H and O–H groups in total. The van der Waals surface area contributed by atoms with E-state index in [0.29, 0.717) is 58.3 Å². The predicted molar refractivity (Wildman–Crippen MR) is 131 cm³/mol. The van der Waals surface area contributed by atoms with Crippen molar-refractivity contribution in [2.45, 2.75) is 42.4 Å². The number of rotatable bonds is 3. The van der Waals surface area contributed by atoms with E-state index < -0.39 is 0 Å². The van der Waals surface area contributed by atoms with Crippen molar-refractivity contribution in [3.63, 3.8) is 0 Å². The van der Waals surface area contributed by atoms with Gasteiger partial charge in [-0.3, -0.25) is 9.59 Å². The van der Waals surface area contributed by atoms with E-state index in [1.54, 1.807) is 11.8 Å². The van der Waals surface area contributed by atoms with Crippen LogP contribution in [0, 0.1) is 5.92 Å². The molecule has 35 heavy (non-hydrogen) atoms. The highest BCUT2D eigenvalue weighted by Gasteiger charge is 2.42. The molecule has 0 radical (unpaired) electrons. The van der Waals surface area contributed by atoms with E-state index in [2.05, 4.69) is 34.0 Å². The first-order valence-corrected chi connectivity index (χ1v) is 13.8. The SMILES string of the molecule is O=C(c1[nH][n+](C2CCCC(C(=O)N3CCOCC3)C2)c2c1CSc1ccccc1-2)N1CCOCC1. The van der Waals surface area contributed by atoms with Crippen molar-refractivity contribution < 1.29 is 23.7 Å². The molecule has 1 saturated carbocycles. The molecule has 3 fully saturated rings. The molecule has 2 amide bonds. The molecule has 0 bridgehead atoms. The Bertz CT molecular complexity index is 1110. The minimum Gasteiger partial charge on any atom is -0.378 e. The van der Waals surface area contributed by atoms with E-state index >= 15 is 0 Å². The number of aromatic nitrogens is 2. The van der Waals surface area contributed by atoms with Crippen molar-refractivity contribution in [3.8, 4) is 11.3 Å². The van der Waals surface area contributed by atoms with Crippen molar-refractivity contribution in [3.05, 3.63) is 35.5 Å². The highest BCUT2D eigenvalue weighted by molar-refractivity contribution is 7.98. The Balaban J connectivity index is 1.34. The molecule has 0 spiro atoms. The molecular weight excluding hydrogens is 464 g/mol. The lowest BCUT2D eigenvalue weighted by molar-refractivity contribution is -0.767. The standard InChI is InChI=1S/C26H32N4O4S/c31-25(28-8-12-33-13-9-28)18-4-3-5-19(16-18)30-24-20-6-1-2-7-22(20)35-17-21(24)23(27-30)26(32)29-10-14-34-15-11-29/h1-2,6-7,18-19H,3-5,8-17H2/p+1. The van der Waals surface area contributed by atoms with Crippen LogP contribution in [0.15, 0.2) is 29.2 Å². The molecule has 1 aliphatic carbocycles. The molecule has 4 heterocycles. The Labute approximate surface area is 209 Å². The summed E-state index contributed by atoms with van der Waals surface area (Å²) >= 11 is 1.79. The zero-order chi connectivity index (χ0) is 23.8. The molecule has 2 saturated heterocycles. The number of fused-ring (bicyclic) bond motifs is 3. The van der Waals surface area contributed by atoms with Crippen LogP contribution in [0.5, 0.6) is 0 Å². The largest absolute Gasteiger partial charge is 0.378 e. The summed E-state index contributed by atoms with van der Waals surface area (Å²) in [5.41, 5.74) is 4.09. The van der Waals surface area contributed by atoms with Crippen LogP contribution in [0.25, 0.3) is 11.3 Å². The Morgan fingerprint density at radius 1 is 0.971 bits per heavy atom. The smallest absolute Gasteiger partial charge is 0.276 e. The van der Waals surface area contributed by atoms with E-state index in [9.17, 15) is 9.59 Å². The second-order valence-corrected chi connectivity index (χ2v) is 10.8. The van der Waals surface area contributed by atoms with Gasteiger partial charge in [0, 0.05) is 55.6 Å². The fraction of sp³-hybridized carbons (Fsp3) is 0.577. The van der Waals surface area contributed by atoms with E-state index in [1.807, 2.05) is 9.80 Å². The average Bonchev–Trinajstić information content (AvgIpc) is 3.33. The maximum Gasteiger partial charge on any atom is 0.276 e. The lowest BCUT2D eigenvalue weighted by Crippen LogP contribution is -2.49. The van der Waals surface area contributed by atoms with Crippen LogP contribution in [-0.2, 0) is 20.0 Å². The summed E-state index contributed by atoms with van der Waals surface area (Å²) in [5.74, 6) is 1.11. The average molecular weight is 498 g/mol. The van der Waals surface area contributed by atoms with Gasteiger partial charge >= 0.3 is 0 Å². The van der Waals surface area contributed by atoms with Gasteiger partial charge in [0.1, 0.15) is 0 Å². The summed E-state index contributed by atoms with van der Waals surface area (Å²) in [7, 11) is 0. The number of nitrogens with one attached hydrogen (secondary N) is 1. The van der Waals surface area contributed by atoms with E-state index in [-0.39, 0.29) is 23.8 Å². The second-order valence-electron chi connectivity index (χ2n) is 9.83. The molecule has 2 aromatic rings. The predicted octanol–water partition coefficient (Wildman–Crippen LogP) is 2.64. The minimum atomic E-state index is 0.0184. The summed E-state index contributed by atoms with van der Waals surface area (Å²) in [6.07, 6.45) is 3.75. The summed E-state index contributed by atoms with van der Waals surface area (Å²) in [5, 5.41) is 3.57. The Morgan fingerprint density at radius 3 is 2.46 bits per heavy atom. The molecule has 1 aromatic heterocycles. The first-order valence-electron chi connectivity index (χ1n) is 12.8.